The molecule has 0 N–H and O–H groups in total. The largest absolute Gasteiger partial charge is 0.493 e. The van der Waals surface area contributed by atoms with Gasteiger partial charge in [0, 0.05) is 6.04 Å². The first-order valence-corrected chi connectivity index (χ1v) is 15.5. The van der Waals surface area contributed by atoms with Crippen LogP contribution in [0.1, 0.15) is 58.8 Å². The maximum atomic E-state index is 13.0. The highest BCUT2D eigenvalue weighted by Gasteiger charge is 2.37. The summed E-state index contributed by atoms with van der Waals surface area (Å²) in [4.78, 5) is 39.1. The van der Waals surface area contributed by atoms with Gasteiger partial charge in [-0.15, -0.1) is 15.3 Å². The Kier molecular flexibility index (Phi) is 11.9. The number of para-hydroxylation sites is 3. The van der Waals surface area contributed by atoms with E-state index in [-0.39, 0.29) is 22.7 Å². The van der Waals surface area contributed by atoms with Crippen molar-refractivity contribution in [2.75, 3.05) is 19.8 Å². The van der Waals surface area contributed by atoms with Crippen LogP contribution in [0.4, 0.5) is 0 Å². The van der Waals surface area contributed by atoms with E-state index in [1.165, 1.54) is 0 Å². The van der Waals surface area contributed by atoms with Gasteiger partial charge in [-0.05, 0) is 57.2 Å². The normalized spacial score (nSPS) is 12.9. The zero-order chi connectivity index (χ0) is 30.4. The summed E-state index contributed by atoms with van der Waals surface area (Å²) in [5, 5.41) is 11.6. The Morgan fingerprint density at radius 3 is 1.07 bits per heavy atom. The van der Waals surface area contributed by atoms with E-state index in [1.54, 1.807) is 100 Å². The Morgan fingerprint density at radius 2 is 0.810 bits per heavy atom. The van der Waals surface area contributed by atoms with Gasteiger partial charge in [-0.25, -0.2) is 0 Å². The number of amides is 3. The minimum absolute atomic E-state index is 0.0880. The highest BCUT2D eigenvalue weighted by atomic mass is 28.4. The van der Waals surface area contributed by atoms with Crippen molar-refractivity contribution < 1.29 is 28.6 Å². The smallest absolute Gasteiger partial charge is 0.492 e. The molecule has 0 aromatic heterocycles. The van der Waals surface area contributed by atoms with Crippen molar-refractivity contribution in [2.45, 2.75) is 33.7 Å². The third kappa shape index (κ3) is 8.30. The molecule has 13 heteroatoms. The lowest BCUT2D eigenvalue weighted by atomic mass is 10.2. The molecule has 0 fully saturated rings. The number of benzene rings is 3. The Balaban J connectivity index is 2.02. The molecule has 3 aromatic rings. The summed E-state index contributed by atoms with van der Waals surface area (Å²) < 4.78 is 29.1. The van der Waals surface area contributed by atoms with E-state index in [1.807, 2.05) is 0 Å². The van der Waals surface area contributed by atoms with Crippen molar-refractivity contribution >= 4 is 26.3 Å². The van der Waals surface area contributed by atoms with Gasteiger partial charge in [-0.1, -0.05) is 43.3 Å². The summed E-state index contributed by atoms with van der Waals surface area (Å²) in [6.45, 7) is 8.08. The minimum Gasteiger partial charge on any atom is -0.493 e. The van der Waals surface area contributed by atoms with Crippen LogP contribution in [-0.2, 0) is 0 Å². The second-order valence-corrected chi connectivity index (χ2v) is 11.3. The van der Waals surface area contributed by atoms with Crippen molar-refractivity contribution in [2.24, 2.45) is 29.7 Å². The van der Waals surface area contributed by atoms with Crippen molar-refractivity contribution in [3.05, 3.63) is 89.5 Å². The molecule has 0 aliphatic carbocycles. The van der Waals surface area contributed by atoms with Crippen molar-refractivity contribution in [1.29, 1.82) is 0 Å². The van der Waals surface area contributed by atoms with Gasteiger partial charge < -0.3 is 14.2 Å². The first-order chi connectivity index (χ1) is 20.4. The zero-order valence-corrected chi connectivity index (χ0v) is 24.9. The highest BCUT2D eigenvalue weighted by molar-refractivity contribution is 6.74. The van der Waals surface area contributed by atoms with Gasteiger partial charge in [0.25, 0.3) is 17.7 Å². The topological polar surface area (TPSA) is 153 Å². The fraction of sp³-hybridized carbons (Fsp3) is 0.276. The molecule has 42 heavy (non-hydrogen) atoms. The van der Waals surface area contributed by atoms with Crippen LogP contribution in [0.5, 0.6) is 17.2 Å². The quantitative estimate of drug-likeness (QED) is 0.154. The van der Waals surface area contributed by atoms with E-state index in [9.17, 15) is 14.4 Å². The molecule has 12 nitrogen and oxygen atoms in total. The predicted octanol–water partition coefficient (Wildman–Crippen LogP) is 7.02. The number of nitrogens with zero attached hydrogens (tertiary/aromatic N) is 6. The van der Waals surface area contributed by atoms with E-state index in [2.05, 4.69) is 29.7 Å². The number of hydrogen-bond acceptors (Lipinski definition) is 9. The van der Waals surface area contributed by atoms with Gasteiger partial charge in [-0.3, -0.25) is 14.4 Å². The summed E-state index contributed by atoms with van der Waals surface area (Å²) in [5.41, 5.74) is 0.540. The molecule has 0 radical (unpaired) electrons. The maximum Gasteiger partial charge on any atom is 0.492 e. The van der Waals surface area contributed by atoms with Gasteiger partial charge in [-0.2, -0.15) is 14.3 Å². The van der Waals surface area contributed by atoms with Crippen molar-refractivity contribution in [3.63, 3.8) is 0 Å². The molecule has 0 aliphatic heterocycles. The van der Waals surface area contributed by atoms with E-state index < -0.39 is 26.3 Å². The molecule has 3 rings (SSSR count). The molecule has 0 saturated carbocycles. The summed E-state index contributed by atoms with van der Waals surface area (Å²) in [5.74, 6) is -1.13. The number of ether oxygens (including phenoxy) is 3. The van der Waals surface area contributed by atoms with Crippen LogP contribution in [0.25, 0.3) is 0 Å². The lowest BCUT2D eigenvalue weighted by Crippen LogP contribution is -2.27. The summed E-state index contributed by atoms with van der Waals surface area (Å²) in [7, 11) is -3.87. The van der Waals surface area contributed by atoms with Gasteiger partial charge in [0.1, 0.15) is 17.2 Å². The van der Waals surface area contributed by atoms with Gasteiger partial charge in [0.2, 0.25) is 0 Å². The molecule has 0 saturated heterocycles. The molecular weight excluding hydrogens is 556 g/mol. The highest BCUT2D eigenvalue weighted by Crippen LogP contribution is 2.25. The number of hydrogen-bond donors (Lipinski definition) is 0. The fourth-order valence-corrected chi connectivity index (χ4v) is 4.88. The van der Waals surface area contributed by atoms with Crippen LogP contribution in [0.15, 0.2) is 102 Å². The SMILES string of the molecule is CCOc1ccccc1C(=O)N=N[Si](CC)(N=NC(=O)c1ccccc1OCC)N=NC(=O)c1ccccc1OCC. The molecule has 3 amide bonds. The molecule has 0 atom stereocenters. The van der Waals surface area contributed by atoms with Gasteiger partial charge in [0.05, 0.1) is 36.5 Å². The van der Waals surface area contributed by atoms with E-state index >= 15 is 0 Å². The van der Waals surface area contributed by atoms with Crippen LogP contribution in [-0.4, -0.2) is 46.1 Å². The molecule has 0 heterocycles. The van der Waals surface area contributed by atoms with Crippen LogP contribution < -0.4 is 14.2 Å². The second-order valence-electron chi connectivity index (χ2n) is 8.43. The zero-order valence-electron chi connectivity index (χ0n) is 23.9. The summed E-state index contributed by atoms with van der Waals surface area (Å²) in [6, 6.07) is 19.8. The van der Waals surface area contributed by atoms with Gasteiger partial charge in [0.15, 0.2) is 0 Å². The van der Waals surface area contributed by atoms with Crippen molar-refractivity contribution in [3.8, 4) is 17.2 Å². The average Bonchev–Trinajstić information content (AvgIpc) is 3.02. The lowest BCUT2D eigenvalue weighted by Gasteiger charge is -2.12. The standard InChI is InChI=1S/C29H32N6O6Si/c1-5-39-24-18-12-9-15-21(24)27(36)30-33-42(8-4,34-31-28(37)22-16-10-13-19-25(22)40-6-2)35-32-29(38)23-17-11-14-20-26(23)41-7-3/h9-20H,5-8H2,1-4H3. The Hall–Kier alpha value is -4.91. The maximum absolute atomic E-state index is 13.0. The first-order valence-electron chi connectivity index (χ1n) is 13.4. The van der Waals surface area contributed by atoms with Crippen LogP contribution in [0, 0.1) is 0 Å². The van der Waals surface area contributed by atoms with Crippen molar-refractivity contribution in [1.82, 2.24) is 0 Å². The Labute approximate surface area is 244 Å². The third-order valence-corrected chi connectivity index (χ3v) is 7.84. The molecular formula is C29H32N6O6Si. The van der Waals surface area contributed by atoms with Gasteiger partial charge >= 0.3 is 8.56 Å². The first kappa shape index (κ1) is 31.6. The second kappa shape index (κ2) is 15.8. The van der Waals surface area contributed by atoms with E-state index in [0.717, 1.165) is 0 Å². The predicted molar refractivity (Wildman–Crippen MR) is 157 cm³/mol. The molecule has 0 bridgehead atoms. The summed E-state index contributed by atoms with van der Waals surface area (Å²) >= 11 is 0. The third-order valence-electron chi connectivity index (χ3n) is 5.63. The molecule has 0 unspecified atom stereocenters. The Bertz CT molecular complexity index is 1320. The summed E-state index contributed by atoms with van der Waals surface area (Å²) in [6.07, 6.45) is 0. The van der Waals surface area contributed by atoms with Crippen LogP contribution in [0.3, 0.4) is 0 Å². The number of carbonyl (C=O) groups excluding carboxylic acids is 3. The average molecular weight is 589 g/mol. The van der Waals surface area contributed by atoms with E-state index in [0.29, 0.717) is 37.1 Å². The minimum atomic E-state index is -3.87. The van der Waals surface area contributed by atoms with Crippen LogP contribution in [0.2, 0.25) is 6.04 Å². The molecule has 218 valence electrons. The fourth-order valence-electron chi connectivity index (χ4n) is 3.58. The number of carbonyl (C=O) groups is 3. The Morgan fingerprint density at radius 1 is 0.524 bits per heavy atom. The van der Waals surface area contributed by atoms with Crippen LogP contribution >= 0.6 is 0 Å². The molecule has 3 aromatic carbocycles. The molecule has 0 spiro atoms. The lowest BCUT2D eigenvalue weighted by molar-refractivity contribution is 0.0985. The molecule has 0 aliphatic rings. The number of rotatable bonds is 13. The van der Waals surface area contributed by atoms with E-state index in [4.69, 9.17) is 14.2 Å². The monoisotopic (exact) mass is 588 g/mol.